The molecule has 0 radical (unpaired) electrons. The fourth-order valence-electron chi connectivity index (χ4n) is 3.40. The fourth-order valence-corrected chi connectivity index (χ4v) is 3.40. The van der Waals surface area contributed by atoms with Crippen LogP contribution >= 0.6 is 0 Å². The van der Waals surface area contributed by atoms with Crippen LogP contribution in [0.15, 0.2) is 66.9 Å². The minimum absolute atomic E-state index is 0.00249. The number of rotatable bonds is 5. The fraction of sp³-hybridized carbons (Fsp3) is 0.182. The molecular weight excluding hydrogens is 338 g/mol. The largest absolute Gasteiger partial charge is 0.496 e. The molecular formula is C22H21N3O2. The SMILES string of the molecule is COc1ccccc1CNc1cc(C(=O)N2CCc3ccccc32)ccn1. The van der Waals surface area contributed by atoms with Crippen molar-refractivity contribution >= 4 is 17.4 Å². The molecule has 1 amide bonds. The highest BCUT2D eigenvalue weighted by Crippen LogP contribution is 2.29. The predicted octanol–water partition coefficient (Wildman–Crippen LogP) is 3.91. The lowest BCUT2D eigenvalue weighted by Crippen LogP contribution is -2.28. The van der Waals surface area contributed by atoms with Gasteiger partial charge < -0.3 is 15.0 Å². The van der Waals surface area contributed by atoms with Gasteiger partial charge in [-0.2, -0.15) is 0 Å². The van der Waals surface area contributed by atoms with Gasteiger partial charge in [-0.05, 0) is 36.2 Å². The lowest BCUT2D eigenvalue weighted by Gasteiger charge is -2.18. The molecule has 1 aliphatic rings. The molecule has 5 heteroatoms. The number of nitrogens with zero attached hydrogens (tertiary/aromatic N) is 2. The maximum absolute atomic E-state index is 13.0. The van der Waals surface area contributed by atoms with Gasteiger partial charge >= 0.3 is 0 Å². The molecule has 0 spiro atoms. The number of anilines is 2. The van der Waals surface area contributed by atoms with Crippen LogP contribution in [-0.4, -0.2) is 24.5 Å². The molecule has 0 fully saturated rings. The summed E-state index contributed by atoms with van der Waals surface area (Å²) < 4.78 is 5.38. The van der Waals surface area contributed by atoms with Gasteiger partial charge in [0.25, 0.3) is 5.91 Å². The van der Waals surface area contributed by atoms with E-state index in [9.17, 15) is 4.79 Å². The minimum Gasteiger partial charge on any atom is -0.496 e. The summed E-state index contributed by atoms with van der Waals surface area (Å²) in [4.78, 5) is 19.2. The summed E-state index contributed by atoms with van der Waals surface area (Å²) in [6.45, 7) is 1.28. The van der Waals surface area contributed by atoms with E-state index in [2.05, 4.69) is 16.4 Å². The Morgan fingerprint density at radius 3 is 2.85 bits per heavy atom. The summed E-state index contributed by atoms with van der Waals surface area (Å²) in [5.41, 5.74) is 3.88. The first-order chi connectivity index (χ1) is 13.3. The molecule has 1 aliphatic heterocycles. The van der Waals surface area contributed by atoms with Crippen LogP contribution in [0, 0.1) is 0 Å². The van der Waals surface area contributed by atoms with Crippen LogP contribution in [0.1, 0.15) is 21.5 Å². The second-order valence-corrected chi connectivity index (χ2v) is 6.43. The Kier molecular flexibility index (Phi) is 4.75. The lowest BCUT2D eigenvalue weighted by atomic mass is 10.1. The first-order valence-corrected chi connectivity index (χ1v) is 8.98. The molecule has 0 saturated carbocycles. The van der Waals surface area contributed by atoms with Crippen LogP contribution in [0.2, 0.25) is 0 Å². The molecule has 2 aromatic carbocycles. The number of hydrogen-bond donors (Lipinski definition) is 1. The monoisotopic (exact) mass is 359 g/mol. The van der Waals surface area contributed by atoms with E-state index in [0.717, 1.165) is 23.4 Å². The summed E-state index contributed by atoms with van der Waals surface area (Å²) in [5.74, 6) is 1.49. The molecule has 0 atom stereocenters. The molecule has 0 saturated heterocycles. The molecule has 0 bridgehead atoms. The van der Waals surface area contributed by atoms with Gasteiger partial charge in [0.05, 0.1) is 7.11 Å². The summed E-state index contributed by atoms with van der Waals surface area (Å²) in [6.07, 6.45) is 2.56. The van der Waals surface area contributed by atoms with Crippen molar-refractivity contribution in [1.82, 2.24) is 4.98 Å². The van der Waals surface area contributed by atoms with Crippen LogP contribution in [0.4, 0.5) is 11.5 Å². The zero-order chi connectivity index (χ0) is 18.6. The van der Waals surface area contributed by atoms with E-state index in [1.165, 1.54) is 5.56 Å². The number of amides is 1. The summed E-state index contributed by atoms with van der Waals surface area (Å²) >= 11 is 0. The number of carbonyl (C=O) groups is 1. The Bertz CT molecular complexity index is 971. The molecule has 0 aliphatic carbocycles. The molecule has 3 aromatic rings. The molecule has 2 heterocycles. The quantitative estimate of drug-likeness (QED) is 0.751. The van der Waals surface area contributed by atoms with Crippen LogP contribution < -0.4 is 15.0 Å². The third-order valence-corrected chi connectivity index (χ3v) is 4.79. The second kappa shape index (κ2) is 7.50. The average molecular weight is 359 g/mol. The van der Waals surface area contributed by atoms with Crippen molar-refractivity contribution in [3.8, 4) is 5.75 Å². The normalized spacial score (nSPS) is 12.6. The lowest BCUT2D eigenvalue weighted by molar-refractivity contribution is 0.0989. The first-order valence-electron chi connectivity index (χ1n) is 8.98. The highest BCUT2D eigenvalue weighted by atomic mass is 16.5. The Labute approximate surface area is 158 Å². The maximum Gasteiger partial charge on any atom is 0.258 e. The van der Waals surface area contributed by atoms with Crippen molar-refractivity contribution in [3.05, 3.63) is 83.6 Å². The number of methoxy groups -OCH3 is 1. The number of nitrogens with one attached hydrogen (secondary N) is 1. The standard InChI is InChI=1S/C22H21N3O2/c1-27-20-9-5-3-7-18(20)15-24-21-14-17(10-12-23-21)22(26)25-13-11-16-6-2-4-8-19(16)25/h2-10,12,14H,11,13,15H2,1H3,(H,23,24). The highest BCUT2D eigenvalue weighted by molar-refractivity contribution is 6.07. The number of benzene rings is 2. The van der Waals surface area contributed by atoms with E-state index in [0.29, 0.717) is 24.5 Å². The topological polar surface area (TPSA) is 54.5 Å². The van der Waals surface area contributed by atoms with E-state index in [1.807, 2.05) is 47.4 Å². The number of carbonyl (C=O) groups excluding carboxylic acids is 1. The van der Waals surface area contributed by atoms with Crippen LogP contribution in [0.3, 0.4) is 0 Å². The van der Waals surface area contributed by atoms with Gasteiger partial charge in [-0.15, -0.1) is 0 Å². The maximum atomic E-state index is 13.0. The predicted molar refractivity (Wildman–Crippen MR) is 106 cm³/mol. The van der Waals surface area contributed by atoms with Gasteiger partial charge in [0.2, 0.25) is 0 Å². The Morgan fingerprint density at radius 1 is 1.15 bits per heavy atom. The zero-order valence-electron chi connectivity index (χ0n) is 15.2. The number of aromatic nitrogens is 1. The molecule has 1 aromatic heterocycles. The molecule has 4 rings (SSSR count). The highest BCUT2D eigenvalue weighted by Gasteiger charge is 2.25. The van der Waals surface area contributed by atoms with Gasteiger partial charge in [0, 0.05) is 36.1 Å². The van der Waals surface area contributed by atoms with Gasteiger partial charge in [0.15, 0.2) is 0 Å². The summed E-state index contributed by atoms with van der Waals surface area (Å²) in [6, 6.07) is 19.5. The van der Waals surface area contributed by atoms with E-state index in [-0.39, 0.29) is 5.91 Å². The number of hydrogen-bond acceptors (Lipinski definition) is 4. The first kappa shape index (κ1) is 17.1. The summed E-state index contributed by atoms with van der Waals surface area (Å²) in [5, 5.41) is 3.28. The Hall–Kier alpha value is -3.34. The smallest absolute Gasteiger partial charge is 0.258 e. The molecule has 27 heavy (non-hydrogen) atoms. The van der Waals surface area contributed by atoms with Crippen LogP contribution in [0.25, 0.3) is 0 Å². The molecule has 0 unspecified atom stereocenters. The van der Waals surface area contributed by atoms with E-state index < -0.39 is 0 Å². The van der Waals surface area contributed by atoms with Crippen molar-refractivity contribution in [2.45, 2.75) is 13.0 Å². The molecule has 5 nitrogen and oxygen atoms in total. The van der Waals surface area contributed by atoms with E-state index >= 15 is 0 Å². The molecule has 1 N–H and O–H groups in total. The Balaban J connectivity index is 1.50. The minimum atomic E-state index is 0.00249. The van der Waals surface area contributed by atoms with Crippen LogP contribution in [-0.2, 0) is 13.0 Å². The van der Waals surface area contributed by atoms with E-state index in [4.69, 9.17) is 4.74 Å². The van der Waals surface area contributed by atoms with Gasteiger partial charge in [-0.1, -0.05) is 36.4 Å². The van der Waals surface area contributed by atoms with Gasteiger partial charge in [-0.3, -0.25) is 4.79 Å². The number of ether oxygens (including phenoxy) is 1. The van der Waals surface area contributed by atoms with Crippen molar-refractivity contribution in [2.75, 3.05) is 23.9 Å². The van der Waals surface area contributed by atoms with Crippen molar-refractivity contribution in [3.63, 3.8) is 0 Å². The molecule has 136 valence electrons. The third kappa shape index (κ3) is 3.49. The Morgan fingerprint density at radius 2 is 1.96 bits per heavy atom. The number of pyridine rings is 1. The average Bonchev–Trinajstić information content (AvgIpc) is 3.16. The van der Waals surface area contributed by atoms with Gasteiger partial charge in [0.1, 0.15) is 11.6 Å². The van der Waals surface area contributed by atoms with Crippen LogP contribution in [0.5, 0.6) is 5.75 Å². The van der Waals surface area contributed by atoms with Crippen molar-refractivity contribution < 1.29 is 9.53 Å². The number of para-hydroxylation sites is 2. The van der Waals surface area contributed by atoms with Crippen molar-refractivity contribution in [1.29, 1.82) is 0 Å². The zero-order valence-corrected chi connectivity index (χ0v) is 15.2. The van der Waals surface area contributed by atoms with Crippen molar-refractivity contribution in [2.24, 2.45) is 0 Å². The summed E-state index contributed by atoms with van der Waals surface area (Å²) in [7, 11) is 1.66. The second-order valence-electron chi connectivity index (χ2n) is 6.43. The third-order valence-electron chi connectivity index (χ3n) is 4.79. The van der Waals surface area contributed by atoms with Gasteiger partial charge in [-0.25, -0.2) is 4.98 Å². The number of fused-ring (bicyclic) bond motifs is 1. The van der Waals surface area contributed by atoms with E-state index in [1.54, 1.807) is 25.4 Å².